The molecule has 0 aliphatic carbocycles. The van der Waals surface area contributed by atoms with Crippen LogP contribution in [0.25, 0.3) is 0 Å². The number of rotatable bonds is 5. The smallest absolute Gasteiger partial charge is 0.194 e. The van der Waals surface area contributed by atoms with E-state index in [0.29, 0.717) is 0 Å². The highest BCUT2D eigenvalue weighted by Gasteiger charge is 2.14. The number of ketones is 1. The molecule has 0 radical (unpaired) electrons. The molecule has 3 heteroatoms. The number of hydrogen-bond acceptors (Lipinski definition) is 3. The zero-order valence-electron chi connectivity index (χ0n) is 12.9. The number of carbonyl (C=O) groups excluding carboxylic acids is 1. The van der Waals surface area contributed by atoms with E-state index in [4.69, 9.17) is 0 Å². The molecule has 2 aromatic rings. The lowest BCUT2D eigenvalue weighted by Crippen LogP contribution is -2.18. The second kappa shape index (κ2) is 7.12. The van der Waals surface area contributed by atoms with Gasteiger partial charge in [0.15, 0.2) is 5.78 Å². The average molecular weight is 311 g/mol. The molecule has 1 saturated heterocycles. The van der Waals surface area contributed by atoms with Crippen molar-refractivity contribution in [3.8, 4) is 0 Å². The summed E-state index contributed by atoms with van der Waals surface area (Å²) in [6.07, 6.45) is 4.62. The predicted octanol–water partition coefficient (Wildman–Crippen LogP) is 4.24. The molecule has 0 spiro atoms. The van der Waals surface area contributed by atoms with Crippen molar-refractivity contribution in [1.29, 1.82) is 0 Å². The van der Waals surface area contributed by atoms with Gasteiger partial charge in [-0.2, -0.15) is 0 Å². The Morgan fingerprint density at radius 1 is 1.05 bits per heavy atom. The second-order valence-corrected chi connectivity index (χ2v) is 6.56. The molecular formula is C19H21NOS. The van der Waals surface area contributed by atoms with Gasteiger partial charge in [0.1, 0.15) is 0 Å². The quantitative estimate of drug-likeness (QED) is 0.608. The maximum absolute atomic E-state index is 12.7. The van der Waals surface area contributed by atoms with Gasteiger partial charge >= 0.3 is 0 Å². The number of benzene rings is 2. The van der Waals surface area contributed by atoms with Crippen LogP contribution in [0.5, 0.6) is 0 Å². The van der Waals surface area contributed by atoms with Crippen molar-refractivity contribution in [2.45, 2.75) is 24.3 Å². The fraction of sp³-hybridized carbons (Fsp3) is 0.316. The summed E-state index contributed by atoms with van der Waals surface area (Å²) in [5.41, 5.74) is 2.85. The number of carbonyl (C=O) groups is 1. The monoisotopic (exact) mass is 311 g/mol. The molecule has 3 rings (SSSR count). The molecule has 0 saturated carbocycles. The van der Waals surface area contributed by atoms with Crippen molar-refractivity contribution in [3.05, 3.63) is 65.2 Å². The summed E-state index contributed by atoms with van der Waals surface area (Å²) < 4.78 is 0. The summed E-state index contributed by atoms with van der Waals surface area (Å²) in [7, 11) is 0. The summed E-state index contributed by atoms with van der Waals surface area (Å²) in [5, 5.41) is 0. The Morgan fingerprint density at radius 3 is 2.41 bits per heavy atom. The summed E-state index contributed by atoms with van der Waals surface area (Å²) in [4.78, 5) is 16.2. The van der Waals surface area contributed by atoms with Gasteiger partial charge in [-0.15, -0.1) is 11.8 Å². The van der Waals surface area contributed by atoms with Crippen LogP contribution in [0.15, 0.2) is 53.4 Å². The average Bonchev–Trinajstić information content (AvgIpc) is 3.08. The Morgan fingerprint density at radius 2 is 1.73 bits per heavy atom. The van der Waals surface area contributed by atoms with E-state index in [-0.39, 0.29) is 5.78 Å². The topological polar surface area (TPSA) is 20.3 Å². The van der Waals surface area contributed by atoms with E-state index in [1.807, 2.05) is 42.7 Å². The summed E-state index contributed by atoms with van der Waals surface area (Å²) in [5.74, 6) is 0.109. The van der Waals surface area contributed by atoms with Crippen LogP contribution in [0.3, 0.4) is 0 Å². The van der Waals surface area contributed by atoms with Crippen LogP contribution in [-0.2, 0) is 6.54 Å². The molecule has 1 fully saturated rings. The minimum absolute atomic E-state index is 0.109. The molecule has 1 aliphatic heterocycles. The predicted molar refractivity (Wildman–Crippen MR) is 92.6 cm³/mol. The van der Waals surface area contributed by atoms with Gasteiger partial charge in [0.2, 0.25) is 0 Å². The number of nitrogens with zero attached hydrogens (tertiary/aromatic N) is 1. The van der Waals surface area contributed by atoms with Gasteiger partial charge in [-0.3, -0.25) is 9.69 Å². The molecule has 0 bridgehead atoms. The number of hydrogen-bond donors (Lipinski definition) is 0. The van der Waals surface area contributed by atoms with Crippen molar-refractivity contribution in [2.24, 2.45) is 0 Å². The molecule has 22 heavy (non-hydrogen) atoms. The molecule has 1 heterocycles. The van der Waals surface area contributed by atoms with Gasteiger partial charge < -0.3 is 0 Å². The van der Waals surface area contributed by atoms with Crippen LogP contribution in [0, 0.1) is 0 Å². The van der Waals surface area contributed by atoms with E-state index in [9.17, 15) is 4.79 Å². The van der Waals surface area contributed by atoms with Crippen molar-refractivity contribution in [2.75, 3.05) is 19.3 Å². The zero-order chi connectivity index (χ0) is 15.4. The molecule has 1 aliphatic rings. The van der Waals surface area contributed by atoms with E-state index >= 15 is 0 Å². The van der Waals surface area contributed by atoms with Gasteiger partial charge in [-0.25, -0.2) is 0 Å². The van der Waals surface area contributed by atoms with Crippen molar-refractivity contribution >= 4 is 17.5 Å². The van der Waals surface area contributed by atoms with E-state index in [1.54, 1.807) is 11.8 Å². The third-order valence-corrected chi connectivity index (χ3v) is 4.97. The third-order valence-electron chi connectivity index (χ3n) is 4.17. The largest absolute Gasteiger partial charge is 0.299 e. The summed E-state index contributed by atoms with van der Waals surface area (Å²) in [6.45, 7) is 3.39. The van der Waals surface area contributed by atoms with Crippen LogP contribution in [0.1, 0.15) is 34.3 Å². The molecule has 2 nitrogen and oxygen atoms in total. The fourth-order valence-corrected chi connectivity index (χ4v) is 3.54. The van der Waals surface area contributed by atoms with Crippen molar-refractivity contribution in [1.82, 2.24) is 4.90 Å². The highest BCUT2D eigenvalue weighted by atomic mass is 32.2. The Balaban J connectivity index is 1.75. The Labute approximate surface area is 136 Å². The van der Waals surface area contributed by atoms with Crippen LogP contribution in [0.2, 0.25) is 0 Å². The first-order valence-electron chi connectivity index (χ1n) is 7.77. The summed E-state index contributed by atoms with van der Waals surface area (Å²) >= 11 is 1.62. The first-order valence-corrected chi connectivity index (χ1v) is 8.99. The lowest BCUT2D eigenvalue weighted by Gasteiger charge is -2.14. The van der Waals surface area contributed by atoms with Gasteiger partial charge in [-0.05, 0) is 49.9 Å². The van der Waals surface area contributed by atoms with Crippen LogP contribution in [-0.4, -0.2) is 30.0 Å². The van der Waals surface area contributed by atoms with E-state index in [2.05, 4.69) is 17.0 Å². The minimum atomic E-state index is 0.109. The molecular weight excluding hydrogens is 290 g/mol. The zero-order valence-corrected chi connectivity index (χ0v) is 13.7. The first-order chi connectivity index (χ1) is 10.8. The lowest BCUT2D eigenvalue weighted by atomic mass is 10.0. The first kappa shape index (κ1) is 15.3. The van der Waals surface area contributed by atoms with Gasteiger partial charge in [-0.1, -0.05) is 36.4 Å². The highest BCUT2D eigenvalue weighted by Crippen LogP contribution is 2.23. The minimum Gasteiger partial charge on any atom is -0.299 e. The van der Waals surface area contributed by atoms with E-state index in [0.717, 1.165) is 22.6 Å². The molecule has 114 valence electrons. The summed E-state index contributed by atoms with van der Waals surface area (Å²) in [6, 6.07) is 15.9. The lowest BCUT2D eigenvalue weighted by molar-refractivity contribution is 0.103. The van der Waals surface area contributed by atoms with Gasteiger partial charge in [0, 0.05) is 22.6 Å². The standard InChI is InChI=1S/C19H21NOS/c1-22-18-7-3-2-6-17(18)19(21)16-10-8-15(9-11-16)14-20-12-4-5-13-20/h2-3,6-11H,4-5,12-14H2,1H3. The van der Waals surface area contributed by atoms with E-state index in [1.165, 1.54) is 31.5 Å². The highest BCUT2D eigenvalue weighted by molar-refractivity contribution is 7.98. The van der Waals surface area contributed by atoms with Crippen LogP contribution in [0.4, 0.5) is 0 Å². The molecule has 0 N–H and O–H groups in total. The maximum atomic E-state index is 12.7. The third kappa shape index (κ3) is 3.42. The SMILES string of the molecule is CSc1ccccc1C(=O)c1ccc(CN2CCCC2)cc1. The van der Waals surface area contributed by atoms with Gasteiger partial charge in [0.25, 0.3) is 0 Å². The molecule has 0 unspecified atom stereocenters. The van der Waals surface area contributed by atoms with Crippen molar-refractivity contribution < 1.29 is 4.79 Å². The van der Waals surface area contributed by atoms with E-state index < -0.39 is 0 Å². The van der Waals surface area contributed by atoms with Crippen molar-refractivity contribution in [3.63, 3.8) is 0 Å². The second-order valence-electron chi connectivity index (χ2n) is 5.71. The Hall–Kier alpha value is -1.58. The molecule has 0 atom stereocenters. The number of thioether (sulfide) groups is 1. The normalized spacial score (nSPS) is 15.1. The Bertz CT molecular complexity index is 645. The molecule has 0 aromatic heterocycles. The molecule has 0 amide bonds. The van der Waals surface area contributed by atoms with Gasteiger partial charge in [0.05, 0.1) is 0 Å². The Kier molecular flexibility index (Phi) is 4.96. The fourth-order valence-electron chi connectivity index (χ4n) is 2.95. The number of likely N-dealkylation sites (tertiary alicyclic amines) is 1. The molecule has 2 aromatic carbocycles. The van der Waals surface area contributed by atoms with Crippen LogP contribution < -0.4 is 0 Å². The maximum Gasteiger partial charge on any atom is 0.194 e. The van der Waals surface area contributed by atoms with Crippen LogP contribution >= 0.6 is 11.8 Å².